The van der Waals surface area contributed by atoms with Crippen LogP contribution in [0.2, 0.25) is 0 Å². The molecule has 2 aromatic rings. The fourth-order valence-corrected chi connectivity index (χ4v) is 2.68. The van der Waals surface area contributed by atoms with Crippen LogP contribution in [0.5, 0.6) is 0 Å². The summed E-state index contributed by atoms with van der Waals surface area (Å²) in [6, 6.07) is 7.82. The molecule has 3 rings (SSSR count). The molecule has 3 heterocycles. The molecule has 1 aliphatic rings. The summed E-state index contributed by atoms with van der Waals surface area (Å²) in [5.74, 6) is 0. The first kappa shape index (κ1) is 19.9. The van der Waals surface area contributed by atoms with Crippen LogP contribution in [-0.2, 0) is 36.9 Å². The molecule has 7 heteroatoms. The molecular formula is C20H26N2O5. The van der Waals surface area contributed by atoms with E-state index in [1.807, 2.05) is 24.3 Å². The number of rotatable bonds is 0. The average molecular weight is 374 g/mol. The first-order valence-corrected chi connectivity index (χ1v) is 9.22. The quantitative estimate of drug-likeness (QED) is 0.700. The Balaban J connectivity index is 1.71. The zero-order valence-corrected chi connectivity index (χ0v) is 15.5. The molecule has 7 nitrogen and oxygen atoms in total. The van der Waals surface area contributed by atoms with Crippen molar-refractivity contribution in [1.82, 2.24) is 9.97 Å². The lowest BCUT2D eigenvalue weighted by atomic mass is 10.1. The predicted molar refractivity (Wildman–Crippen MR) is 99.2 cm³/mol. The Kier molecular flexibility index (Phi) is 8.63. The number of pyridine rings is 2. The fourth-order valence-electron chi connectivity index (χ4n) is 2.68. The van der Waals surface area contributed by atoms with Crippen molar-refractivity contribution in [2.45, 2.75) is 13.2 Å². The van der Waals surface area contributed by atoms with Gasteiger partial charge in [0.05, 0.1) is 77.5 Å². The minimum absolute atomic E-state index is 0.452. The number of nitrogens with zero attached hydrogens (tertiary/aromatic N) is 2. The third-order valence-electron chi connectivity index (χ3n) is 4.01. The van der Waals surface area contributed by atoms with Crippen molar-refractivity contribution in [1.29, 1.82) is 0 Å². The van der Waals surface area contributed by atoms with Crippen LogP contribution in [-0.4, -0.2) is 62.8 Å². The monoisotopic (exact) mass is 374 g/mol. The van der Waals surface area contributed by atoms with Gasteiger partial charge in [0.2, 0.25) is 0 Å². The lowest BCUT2D eigenvalue weighted by Gasteiger charge is -2.12. The van der Waals surface area contributed by atoms with E-state index in [4.69, 9.17) is 23.7 Å². The summed E-state index contributed by atoms with van der Waals surface area (Å²) in [6.07, 6.45) is 3.54. The van der Waals surface area contributed by atoms with E-state index in [1.165, 1.54) is 0 Å². The molecule has 0 fully saturated rings. The molecule has 0 radical (unpaired) electrons. The van der Waals surface area contributed by atoms with Gasteiger partial charge in [0, 0.05) is 23.5 Å². The van der Waals surface area contributed by atoms with Gasteiger partial charge in [-0.15, -0.1) is 0 Å². The molecule has 27 heavy (non-hydrogen) atoms. The van der Waals surface area contributed by atoms with Gasteiger partial charge in [0.15, 0.2) is 0 Å². The van der Waals surface area contributed by atoms with Gasteiger partial charge in [-0.1, -0.05) is 12.1 Å². The van der Waals surface area contributed by atoms with Gasteiger partial charge in [-0.25, -0.2) is 0 Å². The smallest absolute Gasteiger partial charge is 0.0945 e. The Bertz CT molecular complexity index is 625. The predicted octanol–water partition coefficient (Wildman–Crippen LogP) is 2.24. The second-order valence-electron chi connectivity index (χ2n) is 5.96. The summed E-state index contributed by atoms with van der Waals surface area (Å²) in [7, 11) is 0. The number of fused-ring (bicyclic) bond motifs is 3. The highest BCUT2D eigenvalue weighted by Gasteiger charge is 2.12. The summed E-state index contributed by atoms with van der Waals surface area (Å²) in [4.78, 5) is 9.07. The Labute approximate surface area is 159 Å². The average Bonchev–Trinajstić information content (AvgIpc) is 2.71. The lowest BCUT2D eigenvalue weighted by Crippen LogP contribution is -2.13. The van der Waals surface area contributed by atoms with E-state index in [2.05, 4.69) is 9.97 Å². The first-order chi connectivity index (χ1) is 13.4. The summed E-state index contributed by atoms with van der Waals surface area (Å²) >= 11 is 0. The van der Waals surface area contributed by atoms with Gasteiger partial charge in [-0.2, -0.15) is 0 Å². The van der Waals surface area contributed by atoms with Crippen LogP contribution >= 0.6 is 0 Å². The van der Waals surface area contributed by atoms with Crippen LogP contribution in [0.1, 0.15) is 11.1 Å². The topological polar surface area (TPSA) is 71.9 Å². The maximum Gasteiger partial charge on any atom is 0.0945 e. The van der Waals surface area contributed by atoms with Crippen molar-refractivity contribution >= 4 is 0 Å². The minimum Gasteiger partial charge on any atom is -0.377 e. The third kappa shape index (κ3) is 6.64. The van der Waals surface area contributed by atoms with Gasteiger partial charge < -0.3 is 23.7 Å². The van der Waals surface area contributed by atoms with Crippen LogP contribution in [0, 0.1) is 0 Å². The molecule has 0 aromatic carbocycles. The van der Waals surface area contributed by atoms with E-state index in [0.717, 1.165) is 22.5 Å². The molecule has 0 saturated heterocycles. The molecule has 0 bridgehead atoms. The second-order valence-corrected chi connectivity index (χ2v) is 5.96. The van der Waals surface area contributed by atoms with Gasteiger partial charge in [0.25, 0.3) is 0 Å². The molecule has 0 unspecified atom stereocenters. The fraction of sp³-hybridized carbons (Fsp3) is 0.500. The summed E-state index contributed by atoms with van der Waals surface area (Å²) in [6.45, 7) is 5.16. The Hall–Kier alpha value is -1.90. The number of hydrogen-bond donors (Lipinski definition) is 0. The molecule has 146 valence electrons. The number of aromatic nitrogens is 2. The molecule has 0 aliphatic carbocycles. The van der Waals surface area contributed by atoms with Crippen molar-refractivity contribution in [2.24, 2.45) is 0 Å². The van der Waals surface area contributed by atoms with Gasteiger partial charge in [0.1, 0.15) is 0 Å². The van der Waals surface area contributed by atoms with Gasteiger partial charge in [-0.05, 0) is 12.1 Å². The van der Waals surface area contributed by atoms with Crippen molar-refractivity contribution in [3.8, 4) is 11.4 Å². The maximum absolute atomic E-state index is 5.76. The Morgan fingerprint density at radius 3 is 1.30 bits per heavy atom. The van der Waals surface area contributed by atoms with E-state index in [-0.39, 0.29) is 0 Å². The third-order valence-corrected chi connectivity index (χ3v) is 4.01. The van der Waals surface area contributed by atoms with E-state index < -0.39 is 0 Å². The molecule has 2 aromatic heterocycles. The van der Waals surface area contributed by atoms with E-state index in [0.29, 0.717) is 66.1 Å². The van der Waals surface area contributed by atoms with Crippen LogP contribution in [0.3, 0.4) is 0 Å². The first-order valence-electron chi connectivity index (χ1n) is 9.22. The molecule has 0 saturated carbocycles. The van der Waals surface area contributed by atoms with Crippen molar-refractivity contribution < 1.29 is 23.7 Å². The second kappa shape index (κ2) is 11.7. The van der Waals surface area contributed by atoms with Gasteiger partial charge in [-0.3, -0.25) is 9.97 Å². The van der Waals surface area contributed by atoms with Crippen molar-refractivity contribution in [3.05, 3.63) is 47.8 Å². The van der Waals surface area contributed by atoms with Crippen LogP contribution in [0.4, 0.5) is 0 Å². The van der Waals surface area contributed by atoms with Crippen LogP contribution in [0.25, 0.3) is 11.4 Å². The van der Waals surface area contributed by atoms with Crippen LogP contribution < -0.4 is 0 Å². The van der Waals surface area contributed by atoms with Crippen molar-refractivity contribution in [3.63, 3.8) is 0 Å². The molecule has 0 N–H and O–H groups in total. The summed E-state index contributed by atoms with van der Waals surface area (Å²) < 4.78 is 28.0. The normalized spacial score (nSPS) is 18.4. The molecule has 0 amide bonds. The van der Waals surface area contributed by atoms with Crippen LogP contribution in [0.15, 0.2) is 36.7 Å². The number of ether oxygens (including phenoxy) is 5. The van der Waals surface area contributed by atoms with Gasteiger partial charge >= 0.3 is 0 Å². The largest absolute Gasteiger partial charge is 0.377 e. The summed E-state index contributed by atoms with van der Waals surface area (Å²) in [5, 5.41) is 0. The van der Waals surface area contributed by atoms with E-state index in [1.54, 1.807) is 12.4 Å². The molecule has 1 aliphatic heterocycles. The van der Waals surface area contributed by atoms with E-state index in [9.17, 15) is 0 Å². The van der Waals surface area contributed by atoms with Crippen molar-refractivity contribution in [2.75, 3.05) is 52.9 Å². The molecule has 0 spiro atoms. The zero-order chi connectivity index (χ0) is 18.6. The Morgan fingerprint density at radius 2 is 0.889 bits per heavy atom. The minimum atomic E-state index is 0.452. The molecular weight excluding hydrogens is 348 g/mol. The Morgan fingerprint density at radius 1 is 0.519 bits per heavy atom. The zero-order valence-electron chi connectivity index (χ0n) is 15.5. The lowest BCUT2D eigenvalue weighted by molar-refractivity contribution is -0.0136. The van der Waals surface area contributed by atoms with E-state index >= 15 is 0 Å². The highest BCUT2D eigenvalue weighted by atomic mass is 16.6. The molecule has 0 atom stereocenters. The highest BCUT2D eigenvalue weighted by molar-refractivity contribution is 5.62. The standard InChI is InChI=1S/C20H26N2O5/c1-3-17-15-26-13-11-24-9-7-23-8-10-25-12-14-27-16-18-4-2-6-22-20(18)19(17)21-5-1/h1-6H,7-16H2. The maximum atomic E-state index is 5.76. The number of hydrogen-bond acceptors (Lipinski definition) is 7. The summed E-state index contributed by atoms with van der Waals surface area (Å²) in [5.41, 5.74) is 3.62. The SMILES string of the molecule is c1cnc2c(c1)COCCOCCOCCOCCOCc1cccnc1-2. The highest BCUT2D eigenvalue weighted by Crippen LogP contribution is 2.24.